The van der Waals surface area contributed by atoms with E-state index in [4.69, 9.17) is 5.11 Å². The summed E-state index contributed by atoms with van der Waals surface area (Å²) in [5.41, 5.74) is 1.48. The fourth-order valence-corrected chi connectivity index (χ4v) is 1.19. The van der Waals surface area contributed by atoms with Crippen LogP contribution in [0, 0.1) is 6.92 Å². The predicted octanol–water partition coefficient (Wildman–Crippen LogP) is 1.04. The molecule has 74 valence electrons. The zero-order chi connectivity index (χ0) is 10.7. The highest BCUT2D eigenvalue weighted by molar-refractivity contribution is 6.37. The van der Waals surface area contributed by atoms with Crippen molar-refractivity contribution in [3.63, 3.8) is 0 Å². The highest BCUT2D eigenvalue weighted by atomic mass is 16.4. The van der Waals surface area contributed by atoms with Gasteiger partial charge in [-0.05, 0) is 18.6 Å². The minimum absolute atomic E-state index is 0.611. The average Bonchev–Trinajstić information content (AvgIpc) is 2.16. The molecule has 0 aromatic heterocycles. The van der Waals surface area contributed by atoms with E-state index in [9.17, 15) is 9.59 Å². The van der Waals surface area contributed by atoms with Crippen LogP contribution >= 0.6 is 0 Å². The lowest BCUT2D eigenvalue weighted by Gasteiger charge is -2.16. The Labute approximate surface area is 81.8 Å². The number of hydrogen-bond acceptors (Lipinski definition) is 2. The van der Waals surface area contributed by atoms with Gasteiger partial charge in [-0.1, -0.05) is 18.2 Å². The first-order chi connectivity index (χ1) is 6.54. The number of rotatable bonds is 1. The number of amides is 1. The molecule has 0 saturated carbocycles. The monoisotopic (exact) mass is 193 g/mol. The molecule has 0 fully saturated rings. The summed E-state index contributed by atoms with van der Waals surface area (Å²) in [6, 6.07) is 7.11. The lowest BCUT2D eigenvalue weighted by Crippen LogP contribution is -2.33. The number of carbonyl (C=O) groups excluding carboxylic acids is 1. The number of anilines is 1. The third-order valence-electron chi connectivity index (χ3n) is 1.96. The largest absolute Gasteiger partial charge is 0.474 e. The Bertz CT molecular complexity index is 373. The van der Waals surface area contributed by atoms with Crippen molar-refractivity contribution in [1.29, 1.82) is 0 Å². The molecule has 14 heavy (non-hydrogen) atoms. The molecule has 0 aliphatic carbocycles. The molecule has 0 aliphatic heterocycles. The molecular weight excluding hydrogens is 182 g/mol. The van der Waals surface area contributed by atoms with Gasteiger partial charge in [0.1, 0.15) is 0 Å². The molecule has 1 N–H and O–H groups in total. The molecular formula is C10H11NO3. The molecule has 0 saturated heterocycles. The molecule has 0 atom stereocenters. The number of nitrogens with zero attached hydrogens (tertiary/aromatic N) is 1. The highest BCUT2D eigenvalue weighted by Gasteiger charge is 2.19. The molecule has 1 aromatic rings. The van der Waals surface area contributed by atoms with E-state index in [1.165, 1.54) is 7.05 Å². The zero-order valence-electron chi connectivity index (χ0n) is 8.02. The smallest absolute Gasteiger partial charge is 0.394 e. The average molecular weight is 193 g/mol. The minimum atomic E-state index is -1.45. The lowest BCUT2D eigenvalue weighted by atomic mass is 10.2. The van der Waals surface area contributed by atoms with Gasteiger partial charge < -0.3 is 10.0 Å². The fourth-order valence-electron chi connectivity index (χ4n) is 1.19. The summed E-state index contributed by atoms with van der Waals surface area (Å²) < 4.78 is 0. The molecule has 1 amide bonds. The number of carboxylic acid groups (broad SMARTS) is 1. The van der Waals surface area contributed by atoms with Crippen molar-refractivity contribution in [2.45, 2.75) is 6.92 Å². The minimum Gasteiger partial charge on any atom is -0.474 e. The number of aliphatic carboxylic acids is 1. The van der Waals surface area contributed by atoms with Crippen LogP contribution in [0.5, 0.6) is 0 Å². The summed E-state index contributed by atoms with van der Waals surface area (Å²) in [6.45, 7) is 1.82. The Morgan fingerprint density at radius 2 is 1.86 bits per heavy atom. The van der Waals surface area contributed by atoms with E-state index in [0.29, 0.717) is 5.69 Å². The highest BCUT2D eigenvalue weighted by Crippen LogP contribution is 2.17. The van der Waals surface area contributed by atoms with Gasteiger partial charge in [-0.3, -0.25) is 4.79 Å². The van der Waals surface area contributed by atoms with Crippen LogP contribution in [0.2, 0.25) is 0 Å². The first-order valence-corrected chi connectivity index (χ1v) is 4.10. The summed E-state index contributed by atoms with van der Waals surface area (Å²) in [4.78, 5) is 22.7. The van der Waals surface area contributed by atoms with Crippen LogP contribution in [0.4, 0.5) is 5.69 Å². The lowest BCUT2D eigenvalue weighted by molar-refractivity contribution is -0.148. The van der Waals surface area contributed by atoms with E-state index < -0.39 is 11.9 Å². The van der Waals surface area contributed by atoms with E-state index >= 15 is 0 Å². The Morgan fingerprint density at radius 3 is 2.36 bits per heavy atom. The standard InChI is InChI=1S/C10H11NO3/c1-7-5-3-4-6-8(7)11(2)9(12)10(13)14/h3-6H,1-2H3,(H,13,14). The van der Waals surface area contributed by atoms with Gasteiger partial charge in [0, 0.05) is 12.7 Å². The van der Waals surface area contributed by atoms with Crippen molar-refractivity contribution in [3.05, 3.63) is 29.8 Å². The maximum atomic E-state index is 11.1. The Hall–Kier alpha value is -1.84. The number of para-hydroxylation sites is 1. The van der Waals surface area contributed by atoms with Crippen LogP contribution in [0.3, 0.4) is 0 Å². The fraction of sp³-hybridized carbons (Fsp3) is 0.200. The zero-order valence-corrected chi connectivity index (χ0v) is 8.02. The molecule has 0 heterocycles. The molecule has 0 spiro atoms. The van der Waals surface area contributed by atoms with Gasteiger partial charge in [-0.15, -0.1) is 0 Å². The van der Waals surface area contributed by atoms with Crippen molar-refractivity contribution in [3.8, 4) is 0 Å². The molecule has 0 aliphatic rings. The topological polar surface area (TPSA) is 57.6 Å². The van der Waals surface area contributed by atoms with Crippen molar-refractivity contribution < 1.29 is 14.7 Å². The SMILES string of the molecule is Cc1ccccc1N(C)C(=O)C(=O)O. The summed E-state index contributed by atoms with van der Waals surface area (Å²) in [6.07, 6.45) is 0. The van der Waals surface area contributed by atoms with Crippen LogP contribution in [0.15, 0.2) is 24.3 Å². The maximum absolute atomic E-state index is 11.1. The van der Waals surface area contributed by atoms with Crippen LogP contribution in [-0.2, 0) is 9.59 Å². The second kappa shape index (κ2) is 3.91. The normalized spacial score (nSPS) is 9.57. The van der Waals surface area contributed by atoms with Crippen LogP contribution < -0.4 is 4.90 Å². The summed E-state index contributed by atoms with van der Waals surface area (Å²) in [5, 5.41) is 8.51. The number of carbonyl (C=O) groups is 2. The van der Waals surface area contributed by atoms with Crippen LogP contribution in [-0.4, -0.2) is 24.0 Å². The van der Waals surface area contributed by atoms with Crippen molar-refractivity contribution in [1.82, 2.24) is 0 Å². The number of carboxylic acids is 1. The van der Waals surface area contributed by atoms with Crippen molar-refractivity contribution in [2.24, 2.45) is 0 Å². The molecule has 0 bridgehead atoms. The van der Waals surface area contributed by atoms with Crippen molar-refractivity contribution >= 4 is 17.6 Å². The first-order valence-electron chi connectivity index (χ1n) is 4.10. The van der Waals surface area contributed by atoms with Gasteiger partial charge in [-0.25, -0.2) is 4.79 Å². The molecule has 1 aromatic carbocycles. The second-order valence-electron chi connectivity index (χ2n) is 2.96. The Balaban J connectivity index is 3.01. The van der Waals surface area contributed by atoms with E-state index in [1.54, 1.807) is 12.1 Å². The third-order valence-corrected chi connectivity index (χ3v) is 1.96. The predicted molar refractivity (Wildman–Crippen MR) is 52.2 cm³/mol. The summed E-state index contributed by atoms with van der Waals surface area (Å²) in [7, 11) is 1.44. The van der Waals surface area contributed by atoms with E-state index in [1.807, 2.05) is 19.1 Å². The summed E-state index contributed by atoms with van der Waals surface area (Å²) >= 11 is 0. The number of benzene rings is 1. The number of hydrogen-bond donors (Lipinski definition) is 1. The molecule has 0 unspecified atom stereocenters. The Kier molecular flexibility index (Phi) is 2.86. The number of likely N-dealkylation sites (N-methyl/N-ethyl adjacent to an activating group) is 1. The van der Waals surface area contributed by atoms with Gasteiger partial charge in [0.2, 0.25) is 0 Å². The van der Waals surface area contributed by atoms with Crippen LogP contribution in [0.25, 0.3) is 0 Å². The van der Waals surface area contributed by atoms with Gasteiger partial charge >= 0.3 is 11.9 Å². The van der Waals surface area contributed by atoms with Gasteiger partial charge in [0.25, 0.3) is 0 Å². The van der Waals surface area contributed by atoms with E-state index in [2.05, 4.69) is 0 Å². The maximum Gasteiger partial charge on any atom is 0.394 e. The van der Waals surface area contributed by atoms with E-state index in [0.717, 1.165) is 10.5 Å². The third kappa shape index (κ3) is 1.90. The quantitative estimate of drug-likeness (QED) is 0.678. The summed E-state index contributed by atoms with van der Waals surface area (Å²) in [5.74, 6) is -2.38. The molecule has 0 radical (unpaired) electrons. The van der Waals surface area contributed by atoms with E-state index in [-0.39, 0.29) is 0 Å². The molecule has 4 heteroatoms. The Morgan fingerprint density at radius 1 is 1.29 bits per heavy atom. The number of aryl methyl sites for hydroxylation is 1. The second-order valence-corrected chi connectivity index (χ2v) is 2.96. The van der Waals surface area contributed by atoms with Gasteiger partial charge in [0.15, 0.2) is 0 Å². The molecule has 1 rings (SSSR count). The van der Waals surface area contributed by atoms with Gasteiger partial charge in [-0.2, -0.15) is 0 Å². The molecule has 4 nitrogen and oxygen atoms in total. The van der Waals surface area contributed by atoms with Crippen LogP contribution in [0.1, 0.15) is 5.56 Å². The van der Waals surface area contributed by atoms with Gasteiger partial charge in [0.05, 0.1) is 0 Å². The first kappa shape index (κ1) is 10.2. The van der Waals surface area contributed by atoms with Crippen molar-refractivity contribution in [2.75, 3.05) is 11.9 Å².